The van der Waals surface area contributed by atoms with Crippen LogP contribution in [0.25, 0.3) is 0 Å². The quantitative estimate of drug-likeness (QED) is 0.817. The summed E-state index contributed by atoms with van der Waals surface area (Å²) in [6, 6.07) is 4.76. The van der Waals surface area contributed by atoms with Crippen LogP contribution in [0.15, 0.2) is 27.6 Å². The molecule has 118 valence electrons. The van der Waals surface area contributed by atoms with E-state index in [0.717, 1.165) is 25.9 Å². The van der Waals surface area contributed by atoms with Crippen LogP contribution in [-0.4, -0.2) is 51.4 Å². The van der Waals surface area contributed by atoms with E-state index in [4.69, 9.17) is 5.73 Å². The largest absolute Gasteiger partial charge is 0.398 e. The van der Waals surface area contributed by atoms with Gasteiger partial charge >= 0.3 is 0 Å². The van der Waals surface area contributed by atoms with Crippen LogP contribution in [0.3, 0.4) is 0 Å². The normalized spacial score (nSPS) is 18.3. The third-order valence-electron chi connectivity index (χ3n) is 4.03. The van der Waals surface area contributed by atoms with Crippen LogP contribution in [0, 0.1) is 5.92 Å². The van der Waals surface area contributed by atoms with Crippen LogP contribution in [0.5, 0.6) is 0 Å². The number of nitrogens with two attached hydrogens (primary N) is 1. The maximum absolute atomic E-state index is 12.6. The molecule has 21 heavy (non-hydrogen) atoms. The number of nitrogen functional groups attached to an aromatic ring is 1. The van der Waals surface area contributed by atoms with Gasteiger partial charge in [0.05, 0.1) is 4.90 Å². The molecule has 5 nitrogen and oxygen atoms in total. The third kappa shape index (κ3) is 3.97. The molecule has 7 heteroatoms. The number of hydrogen-bond acceptors (Lipinski definition) is 4. The SMILES string of the molecule is CN1CCC(CN(C)S(=O)(=O)c2ccc(Br)c(N)c2)CC1. The van der Waals surface area contributed by atoms with Gasteiger partial charge in [0.15, 0.2) is 0 Å². The number of sulfonamides is 1. The van der Waals surface area contributed by atoms with E-state index in [9.17, 15) is 8.42 Å². The minimum Gasteiger partial charge on any atom is -0.398 e. The number of piperidine rings is 1. The lowest BCUT2D eigenvalue weighted by atomic mass is 9.97. The zero-order valence-corrected chi connectivity index (χ0v) is 14.8. The molecule has 1 aromatic carbocycles. The molecular weight excluding hydrogens is 354 g/mol. The lowest BCUT2D eigenvalue weighted by Gasteiger charge is -2.31. The van der Waals surface area contributed by atoms with E-state index in [1.54, 1.807) is 19.2 Å². The fourth-order valence-electron chi connectivity index (χ4n) is 2.57. The van der Waals surface area contributed by atoms with E-state index >= 15 is 0 Å². The summed E-state index contributed by atoms with van der Waals surface area (Å²) in [6.07, 6.45) is 2.08. The Kier molecular flexibility index (Phi) is 5.29. The van der Waals surface area contributed by atoms with Crippen molar-refractivity contribution in [1.29, 1.82) is 0 Å². The van der Waals surface area contributed by atoms with Crippen molar-refractivity contribution in [3.8, 4) is 0 Å². The zero-order chi connectivity index (χ0) is 15.6. The van der Waals surface area contributed by atoms with Crippen LogP contribution in [-0.2, 0) is 10.0 Å². The van der Waals surface area contributed by atoms with Crippen molar-refractivity contribution >= 4 is 31.6 Å². The van der Waals surface area contributed by atoms with Crippen LogP contribution in [0.4, 0.5) is 5.69 Å². The summed E-state index contributed by atoms with van der Waals surface area (Å²) in [4.78, 5) is 2.53. The summed E-state index contributed by atoms with van der Waals surface area (Å²) in [7, 11) is 0.271. The first-order valence-electron chi connectivity index (χ1n) is 7.00. The summed E-state index contributed by atoms with van der Waals surface area (Å²) in [5.41, 5.74) is 6.22. The van der Waals surface area contributed by atoms with Crippen molar-refractivity contribution in [1.82, 2.24) is 9.21 Å². The predicted octanol–water partition coefficient (Wildman–Crippen LogP) is 1.99. The Bertz CT molecular complexity index is 598. The molecule has 1 aliphatic heterocycles. The van der Waals surface area contributed by atoms with Gasteiger partial charge in [0, 0.05) is 23.8 Å². The van der Waals surface area contributed by atoms with Gasteiger partial charge in [-0.3, -0.25) is 0 Å². The van der Waals surface area contributed by atoms with Gasteiger partial charge in [0.25, 0.3) is 0 Å². The average molecular weight is 376 g/mol. The van der Waals surface area contributed by atoms with Gasteiger partial charge in [-0.2, -0.15) is 0 Å². The molecular formula is C14H22BrN3O2S. The molecule has 0 radical (unpaired) electrons. The van der Waals surface area contributed by atoms with Crippen LogP contribution < -0.4 is 5.73 Å². The fourth-order valence-corrected chi connectivity index (χ4v) is 4.10. The Morgan fingerprint density at radius 1 is 1.38 bits per heavy atom. The number of likely N-dealkylation sites (tertiary alicyclic amines) is 1. The molecule has 0 bridgehead atoms. The molecule has 0 unspecified atom stereocenters. The molecule has 0 aromatic heterocycles. The summed E-state index contributed by atoms with van der Waals surface area (Å²) in [5, 5.41) is 0. The molecule has 1 fully saturated rings. The molecule has 1 aliphatic rings. The van der Waals surface area contributed by atoms with E-state index in [-0.39, 0.29) is 4.90 Å². The number of halogens is 1. The Morgan fingerprint density at radius 3 is 2.57 bits per heavy atom. The minimum atomic E-state index is -3.47. The number of hydrogen-bond donors (Lipinski definition) is 1. The molecule has 0 atom stereocenters. The summed E-state index contributed by atoms with van der Waals surface area (Å²) >= 11 is 3.28. The lowest BCUT2D eigenvalue weighted by molar-refractivity contribution is 0.202. The average Bonchev–Trinajstić information content (AvgIpc) is 2.44. The van der Waals surface area contributed by atoms with E-state index < -0.39 is 10.0 Å². The lowest BCUT2D eigenvalue weighted by Crippen LogP contribution is -2.37. The monoisotopic (exact) mass is 375 g/mol. The summed E-state index contributed by atoms with van der Waals surface area (Å²) in [6.45, 7) is 2.62. The first kappa shape index (κ1) is 16.7. The number of nitrogens with zero attached hydrogens (tertiary/aromatic N) is 2. The first-order valence-corrected chi connectivity index (χ1v) is 9.24. The highest BCUT2D eigenvalue weighted by Gasteiger charge is 2.26. The molecule has 0 saturated carbocycles. The standard InChI is InChI=1S/C14H22BrN3O2S/c1-17-7-5-11(6-8-17)10-18(2)21(19,20)12-3-4-13(15)14(16)9-12/h3-4,9,11H,5-8,10,16H2,1-2H3. The smallest absolute Gasteiger partial charge is 0.242 e. The van der Waals surface area contributed by atoms with Crippen molar-refractivity contribution in [2.45, 2.75) is 17.7 Å². The molecule has 0 amide bonds. The van der Waals surface area contributed by atoms with E-state index in [1.807, 2.05) is 0 Å². The van der Waals surface area contributed by atoms with E-state index in [0.29, 0.717) is 22.6 Å². The van der Waals surface area contributed by atoms with Crippen molar-refractivity contribution in [2.75, 3.05) is 39.5 Å². The maximum Gasteiger partial charge on any atom is 0.242 e. The Morgan fingerprint density at radius 2 is 2.00 bits per heavy atom. The van der Waals surface area contributed by atoms with Crippen molar-refractivity contribution in [3.05, 3.63) is 22.7 Å². The molecule has 2 rings (SSSR count). The second-order valence-electron chi connectivity index (χ2n) is 5.72. The molecule has 1 heterocycles. The molecule has 1 saturated heterocycles. The van der Waals surface area contributed by atoms with E-state index in [2.05, 4.69) is 27.9 Å². The molecule has 0 aliphatic carbocycles. The van der Waals surface area contributed by atoms with Gasteiger partial charge in [-0.1, -0.05) is 0 Å². The van der Waals surface area contributed by atoms with Gasteiger partial charge < -0.3 is 10.6 Å². The van der Waals surface area contributed by atoms with Crippen LogP contribution in [0.1, 0.15) is 12.8 Å². The summed E-state index contributed by atoms with van der Waals surface area (Å²) < 4.78 is 27.3. The predicted molar refractivity (Wildman–Crippen MR) is 88.6 cm³/mol. The minimum absolute atomic E-state index is 0.249. The number of anilines is 1. The molecule has 0 spiro atoms. The maximum atomic E-state index is 12.6. The highest BCUT2D eigenvalue weighted by Crippen LogP contribution is 2.26. The zero-order valence-electron chi connectivity index (χ0n) is 12.4. The molecule has 1 aromatic rings. The number of rotatable bonds is 4. The van der Waals surface area contributed by atoms with Gasteiger partial charge in [-0.15, -0.1) is 0 Å². The van der Waals surface area contributed by atoms with Gasteiger partial charge in [0.2, 0.25) is 10.0 Å². The summed E-state index contributed by atoms with van der Waals surface area (Å²) in [5.74, 6) is 0.425. The fraction of sp³-hybridized carbons (Fsp3) is 0.571. The van der Waals surface area contributed by atoms with Gasteiger partial charge in [-0.25, -0.2) is 12.7 Å². The number of benzene rings is 1. The van der Waals surface area contributed by atoms with Crippen LogP contribution >= 0.6 is 15.9 Å². The van der Waals surface area contributed by atoms with Crippen molar-refractivity contribution in [2.24, 2.45) is 5.92 Å². The Balaban J connectivity index is 2.09. The Labute approximate surface area is 135 Å². The third-order valence-corrected chi connectivity index (χ3v) is 6.57. The van der Waals surface area contributed by atoms with Crippen molar-refractivity contribution in [3.63, 3.8) is 0 Å². The van der Waals surface area contributed by atoms with E-state index in [1.165, 1.54) is 10.4 Å². The second kappa shape index (κ2) is 6.64. The Hall–Kier alpha value is -0.630. The topological polar surface area (TPSA) is 66.6 Å². The van der Waals surface area contributed by atoms with Gasteiger partial charge in [-0.05, 0) is 73.0 Å². The molecule has 2 N–H and O–H groups in total. The highest BCUT2D eigenvalue weighted by atomic mass is 79.9. The van der Waals surface area contributed by atoms with Crippen molar-refractivity contribution < 1.29 is 8.42 Å². The highest BCUT2D eigenvalue weighted by molar-refractivity contribution is 9.10. The first-order chi connectivity index (χ1) is 9.80. The second-order valence-corrected chi connectivity index (χ2v) is 8.61. The van der Waals surface area contributed by atoms with Crippen LogP contribution in [0.2, 0.25) is 0 Å². The van der Waals surface area contributed by atoms with Gasteiger partial charge in [0.1, 0.15) is 0 Å².